The Hall–Kier alpha value is -3.05. The molecule has 6 heteroatoms. The molecule has 1 N–H and O–H groups in total. The van der Waals surface area contributed by atoms with Gasteiger partial charge in [0.05, 0.1) is 11.0 Å². The number of nitro benzene ring substituents is 1. The lowest BCUT2D eigenvalue weighted by atomic mass is 9.97. The molecule has 3 aromatic rings. The van der Waals surface area contributed by atoms with E-state index >= 15 is 0 Å². The molecule has 0 heterocycles. The van der Waals surface area contributed by atoms with E-state index in [1.54, 1.807) is 6.07 Å². The van der Waals surface area contributed by atoms with Crippen molar-refractivity contribution in [3.8, 4) is 0 Å². The van der Waals surface area contributed by atoms with Crippen molar-refractivity contribution < 1.29 is 4.92 Å². The van der Waals surface area contributed by atoms with E-state index < -0.39 is 4.92 Å². The van der Waals surface area contributed by atoms with Crippen LogP contribution in [0.3, 0.4) is 0 Å². The van der Waals surface area contributed by atoms with Gasteiger partial charge in [-0.2, -0.15) is 0 Å². The Morgan fingerprint density at radius 2 is 1.67 bits per heavy atom. The molecule has 0 spiro atoms. The minimum atomic E-state index is -0.408. The van der Waals surface area contributed by atoms with Crippen LogP contribution < -0.4 is 10.2 Å². The van der Waals surface area contributed by atoms with Gasteiger partial charge in [0, 0.05) is 48.2 Å². The first kappa shape index (κ1) is 18.7. The van der Waals surface area contributed by atoms with E-state index in [0.717, 1.165) is 16.9 Å². The summed E-state index contributed by atoms with van der Waals surface area (Å²) in [6, 6.07) is 21.9. The lowest BCUT2D eigenvalue weighted by Gasteiger charge is -2.23. The Morgan fingerprint density at radius 1 is 1.00 bits per heavy atom. The third-order valence-electron chi connectivity index (χ3n) is 4.33. The molecule has 0 aliphatic rings. The van der Waals surface area contributed by atoms with Crippen LogP contribution in [-0.2, 0) is 0 Å². The number of hydrogen-bond acceptors (Lipinski definition) is 4. The second kappa shape index (κ2) is 8.10. The third-order valence-corrected chi connectivity index (χ3v) is 4.67. The van der Waals surface area contributed by atoms with Gasteiger partial charge in [-0.1, -0.05) is 41.9 Å². The standard InChI is InChI=1S/C21H20ClN3O2/c1-24(2)17-10-8-15(9-11-17)21(23-16-6-4-3-5-7-16)19-14-18(25(26)27)12-13-20(19)22/h3-14,21,23H,1-2H3. The first-order chi connectivity index (χ1) is 13.0. The van der Waals surface area contributed by atoms with Gasteiger partial charge in [0.25, 0.3) is 5.69 Å². The molecule has 0 fully saturated rings. The SMILES string of the molecule is CN(C)c1ccc(C(Nc2ccccc2)c2cc([N+](=O)[O-])ccc2Cl)cc1. The number of para-hydroxylation sites is 1. The molecule has 0 saturated heterocycles. The molecule has 0 aromatic heterocycles. The summed E-state index contributed by atoms with van der Waals surface area (Å²) in [4.78, 5) is 12.8. The molecule has 0 aliphatic heterocycles. The van der Waals surface area contributed by atoms with Crippen molar-refractivity contribution >= 4 is 28.7 Å². The number of non-ortho nitro benzene ring substituents is 1. The van der Waals surface area contributed by atoms with E-state index in [0.29, 0.717) is 10.6 Å². The average Bonchev–Trinajstić information content (AvgIpc) is 2.67. The summed E-state index contributed by atoms with van der Waals surface area (Å²) < 4.78 is 0. The number of nitrogens with one attached hydrogen (secondary N) is 1. The van der Waals surface area contributed by atoms with Gasteiger partial charge in [-0.15, -0.1) is 0 Å². The molecule has 0 amide bonds. The highest BCUT2D eigenvalue weighted by atomic mass is 35.5. The fraction of sp³-hybridized carbons (Fsp3) is 0.143. The lowest BCUT2D eigenvalue weighted by Crippen LogP contribution is -2.14. The zero-order valence-corrected chi connectivity index (χ0v) is 15.9. The number of rotatable bonds is 6. The van der Waals surface area contributed by atoms with E-state index in [1.165, 1.54) is 12.1 Å². The van der Waals surface area contributed by atoms with Crippen molar-refractivity contribution in [1.82, 2.24) is 0 Å². The van der Waals surface area contributed by atoms with Crippen LogP contribution in [0.2, 0.25) is 5.02 Å². The van der Waals surface area contributed by atoms with Crippen molar-refractivity contribution in [2.75, 3.05) is 24.3 Å². The van der Waals surface area contributed by atoms with Gasteiger partial charge in [-0.3, -0.25) is 10.1 Å². The highest BCUT2D eigenvalue weighted by molar-refractivity contribution is 6.31. The highest BCUT2D eigenvalue weighted by Crippen LogP contribution is 2.34. The zero-order valence-electron chi connectivity index (χ0n) is 15.1. The van der Waals surface area contributed by atoms with Crippen LogP contribution in [0.1, 0.15) is 17.2 Å². The maximum atomic E-state index is 11.2. The number of halogens is 1. The Bertz CT molecular complexity index is 928. The number of hydrogen-bond donors (Lipinski definition) is 1. The van der Waals surface area contributed by atoms with E-state index in [9.17, 15) is 10.1 Å². The summed E-state index contributed by atoms with van der Waals surface area (Å²) >= 11 is 6.42. The van der Waals surface area contributed by atoms with Crippen LogP contribution >= 0.6 is 11.6 Å². The Kier molecular flexibility index (Phi) is 5.62. The minimum absolute atomic E-state index is 0.0131. The summed E-state index contributed by atoms with van der Waals surface area (Å²) in [6.45, 7) is 0. The van der Waals surface area contributed by atoms with Gasteiger partial charge in [0.2, 0.25) is 0 Å². The van der Waals surface area contributed by atoms with Crippen molar-refractivity contribution in [2.45, 2.75) is 6.04 Å². The Balaban J connectivity index is 2.07. The van der Waals surface area contributed by atoms with E-state index in [-0.39, 0.29) is 11.7 Å². The second-order valence-corrected chi connectivity index (χ2v) is 6.80. The quantitative estimate of drug-likeness (QED) is 0.451. The summed E-state index contributed by atoms with van der Waals surface area (Å²) in [6.07, 6.45) is 0. The average molecular weight is 382 g/mol. The lowest BCUT2D eigenvalue weighted by molar-refractivity contribution is -0.384. The van der Waals surface area contributed by atoms with Crippen LogP contribution in [0.15, 0.2) is 72.8 Å². The number of anilines is 2. The van der Waals surface area contributed by atoms with Crippen LogP contribution in [0.5, 0.6) is 0 Å². The van der Waals surface area contributed by atoms with Gasteiger partial charge in [-0.25, -0.2) is 0 Å². The monoisotopic (exact) mass is 381 g/mol. The van der Waals surface area contributed by atoms with Crippen LogP contribution in [0.4, 0.5) is 17.1 Å². The zero-order chi connectivity index (χ0) is 19.4. The summed E-state index contributed by atoms with van der Waals surface area (Å²) in [5.41, 5.74) is 3.61. The molecule has 5 nitrogen and oxygen atoms in total. The fourth-order valence-electron chi connectivity index (χ4n) is 2.87. The highest BCUT2D eigenvalue weighted by Gasteiger charge is 2.20. The second-order valence-electron chi connectivity index (χ2n) is 6.39. The molecule has 0 saturated carbocycles. The fourth-order valence-corrected chi connectivity index (χ4v) is 3.10. The summed E-state index contributed by atoms with van der Waals surface area (Å²) in [7, 11) is 3.96. The van der Waals surface area contributed by atoms with Gasteiger partial charge in [-0.05, 0) is 35.9 Å². The van der Waals surface area contributed by atoms with Crippen LogP contribution in [-0.4, -0.2) is 19.0 Å². The van der Waals surface area contributed by atoms with Crippen molar-refractivity contribution in [3.05, 3.63) is 99.1 Å². The summed E-state index contributed by atoms with van der Waals surface area (Å²) in [5, 5.41) is 15.2. The third kappa shape index (κ3) is 4.38. The molecule has 3 rings (SSSR count). The van der Waals surface area contributed by atoms with E-state index in [1.807, 2.05) is 73.6 Å². The smallest absolute Gasteiger partial charge is 0.269 e. The van der Waals surface area contributed by atoms with Gasteiger partial charge in [0.15, 0.2) is 0 Å². The predicted molar refractivity (Wildman–Crippen MR) is 111 cm³/mol. The normalized spacial score (nSPS) is 11.7. The van der Waals surface area contributed by atoms with Gasteiger partial charge < -0.3 is 10.2 Å². The topological polar surface area (TPSA) is 58.4 Å². The van der Waals surface area contributed by atoms with Crippen molar-refractivity contribution in [2.24, 2.45) is 0 Å². The van der Waals surface area contributed by atoms with Gasteiger partial charge in [0.1, 0.15) is 0 Å². The van der Waals surface area contributed by atoms with Crippen molar-refractivity contribution in [1.29, 1.82) is 0 Å². The molecule has 0 aliphatic carbocycles. The molecular weight excluding hydrogens is 362 g/mol. The number of nitro groups is 1. The molecule has 138 valence electrons. The van der Waals surface area contributed by atoms with Crippen molar-refractivity contribution in [3.63, 3.8) is 0 Å². The first-order valence-electron chi connectivity index (χ1n) is 8.48. The van der Waals surface area contributed by atoms with Gasteiger partial charge >= 0.3 is 0 Å². The largest absolute Gasteiger partial charge is 0.378 e. The number of nitrogens with zero attached hydrogens (tertiary/aromatic N) is 2. The van der Waals surface area contributed by atoms with Crippen LogP contribution in [0, 0.1) is 10.1 Å². The van der Waals surface area contributed by atoms with Crippen LogP contribution in [0.25, 0.3) is 0 Å². The molecule has 1 unspecified atom stereocenters. The Morgan fingerprint density at radius 3 is 2.26 bits per heavy atom. The molecule has 0 radical (unpaired) electrons. The molecule has 1 atom stereocenters. The molecule has 0 bridgehead atoms. The van der Waals surface area contributed by atoms with E-state index in [2.05, 4.69) is 5.32 Å². The molecule has 27 heavy (non-hydrogen) atoms. The minimum Gasteiger partial charge on any atom is -0.378 e. The maximum absolute atomic E-state index is 11.2. The summed E-state index contributed by atoms with van der Waals surface area (Å²) in [5.74, 6) is 0. The Labute approximate surface area is 163 Å². The molecular formula is C21H20ClN3O2. The first-order valence-corrected chi connectivity index (χ1v) is 8.86. The number of benzene rings is 3. The maximum Gasteiger partial charge on any atom is 0.269 e. The van der Waals surface area contributed by atoms with E-state index in [4.69, 9.17) is 11.6 Å². The predicted octanol–water partition coefficient (Wildman–Crippen LogP) is 5.52. The molecule has 3 aromatic carbocycles.